The summed E-state index contributed by atoms with van der Waals surface area (Å²) in [5.74, 6) is -0.208. The molecule has 0 saturated heterocycles. The van der Waals surface area contributed by atoms with Crippen LogP contribution in [-0.2, 0) is 10.8 Å². The number of hydrogen-bond acceptors (Lipinski definition) is 3. The van der Waals surface area contributed by atoms with Crippen LogP contribution in [0.25, 0.3) is 0 Å². The second kappa shape index (κ2) is 4.26. The molecule has 18 heavy (non-hydrogen) atoms. The molecule has 1 N–H and O–H groups in total. The third-order valence-electron chi connectivity index (χ3n) is 2.91. The fourth-order valence-corrected chi connectivity index (χ4v) is 2.11. The number of nitro groups is 1. The molecule has 100 valence electrons. The predicted octanol–water partition coefficient (Wildman–Crippen LogP) is 3.90. The first-order valence-electron chi connectivity index (χ1n) is 5.97. The minimum absolute atomic E-state index is 0.171. The van der Waals surface area contributed by atoms with Crippen LogP contribution < -0.4 is 0 Å². The third-order valence-corrected chi connectivity index (χ3v) is 2.91. The summed E-state index contributed by atoms with van der Waals surface area (Å²) in [6.07, 6.45) is 0. The van der Waals surface area contributed by atoms with Crippen LogP contribution in [0.4, 0.5) is 5.69 Å². The summed E-state index contributed by atoms with van der Waals surface area (Å²) in [4.78, 5) is 10.4. The molecule has 0 aliphatic heterocycles. The zero-order chi connectivity index (χ0) is 14.3. The molecule has 0 saturated carbocycles. The number of aromatic hydroxyl groups is 1. The summed E-state index contributed by atoms with van der Waals surface area (Å²) < 4.78 is 0. The van der Waals surface area contributed by atoms with Crippen LogP contribution in [0, 0.1) is 10.1 Å². The maximum atomic E-state index is 10.9. The minimum Gasteiger partial charge on any atom is -0.502 e. The van der Waals surface area contributed by atoms with Crippen molar-refractivity contribution >= 4 is 5.69 Å². The first-order valence-corrected chi connectivity index (χ1v) is 5.97. The van der Waals surface area contributed by atoms with Gasteiger partial charge in [0.2, 0.25) is 0 Å². The average Bonchev–Trinajstić information content (AvgIpc) is 2.12. The fourth-order valence-electron chi connectivity index (χ4n) is 2.11. The van der Waals surface area contributed by atoms with Crippen molar-refractivity contribution in [1.29, 1.82) is 0 Å². The standard InChI is InChI=1S/C14H21NO3/c1-13(2,3)9-7-8-10(15(17)18)12(16)11(9)14(4,5)6/h7-8,16H,1-6H3. The summed E-state index contributed by atoms with van der Waals surface area (Å²) in [5, 5.41) is 21.1. The van der Waals surface area contributed by atoms with E-state index in [1.807, 2.05) is 41.5 Å². The van der Waals surface area contributed by atoms with Gasteiger partial charge in [-0.3, -0.25) is 10.1 Å². The zero-order valence-electron chi connectivity index (χ0n) is 11.9. The van der Waals surface area contributed by atoms with E-state index in [1.54, 1.807) is 6.07 Å². The van der Waals surface area contributed by atoms with Crippen molar-refractivity contribution in [2.45, 2.75) is 52.4 Å². The average molecular weight is 251 g/mol. The highest BCUT2D eigenvalue weighted by atomic mass is 16.6. The summed E-state index contributed by atoms with van der Waals surface area (Å²) in [7, 11) is 0. The van der Waals surface area contributed by atoms with Gasteiger partial charge in [-0.05, 0) is 16.4 Å². The highest BCUT2D eigenvalue weighted by Gasteiger charge is 2.32. The maximum absolute atomic E-state index is 10.9. The molecule has 1 rings (SSSR count). The van der Waals surface area contributed by atoms with E-state index in [-0.39, 0.29) is 22.3 Å². The number of benzene rings is 1. The summed E-state index contributed by atoms with van der Waals surface area (Å²) in [5.41, 5.74) is 0.851. The number of nitro benzene ring substituents is 1. The lowest BCUT2D eigenvalue weighted by molar-refractivity contribution is -0.386. The lowest BCUT2D eigenvalue weighted by atomic mass is 9.74. The smallest absolute Gasteiger partial charge is 0.311 e. The van der Waals surface area contributed by atoms with Gasteiger partial charge in [0.15, 0.2) is 5.75 Å². The molecule has 1 aromatic rings. The van der Waals surface area contributed by atoms with Crippen molar-refractivity contribution in [3.63, 3.8) is 0 Å². The SMILES string of the molecule is CC(C)(C)c1ccc([N+](=O)[O-])c(O)c1C(C)(C)C. The van der Waals surface area contributed by atoms with Gasteiger partial charge < -0.3 is 5.11 Å². The first-order chi connectivity index (χ1) is 7.96. The van der Waals surface area contributed by atoms with Gasteiger partial charge in [-0.1, -0.05) is 47.6 Å². The lowest BCUT2D eigenvalue weighted by Crippen LogP contribution is -2.22. The van der Waals surface area contributed by atoms with Crippen LogP contribution in [0.1, 0.15) is 52.7 Å². The Balaban J connectivity index is 3.69. The van der Waals surface area contributed by atoms with Crippen LogP contribution in [0.2, 0.25) is 0 Å². The Hall–Kier alpha value is -1.58. The molecular formula is C14H21NO3. The molecule has 0 aromatic heterocycles. The summed E-state index contributed by atoms with van der Waals surface area (Å²) in [6.45, 7) is 11.9. The van der Waals surface area contributed by atoms with Crippen LogP contribution in [0.5, 0.6) is 5.75 Å². The Bertz CT molecular complexity index is 479. The second-order valence-corrected chi connectivity index (χ2v) is 6.61. The second-order valence-electron chi connectivity index (χ2n) is 6.61. The van der Waals surface area contributed by atoms with E-state index in [0.29, 0.717) is 5.56 Å². The molecule has 0 radical (unpaired) electrons. The van der Waals surface area contributed by atoms with Gasteiger partial charge in [0.1, 0.15) is 0 Å². The van der Waals surface area contributed by atoms with E-state index < -0.39 is 4.92 Å². The summed E-state index contributed by atoms with van der Waals surface area (Å²) >= 11 is 0. The van der Waals surface area contributed by atoms with E-state index in [9.17, 15) is 15.2 Å². The maximum Gasteiger partial charge on any atom is 0.311 e. The topological polar surface area (TPSA) is 63.4 Å². The lowest BCUT2D eigenvalue weighted by Gasteiger charge is -2.30. The van der Waals surface area contributed by atoms with Crippen molar-refractivity contribution in [3.05, 3.63) is 33.4 Å². The Morgan fingerprint density at radius 2 is 1.56 bits per heavy atom. The van der Waals surface area contributed by atoms with Crippen molar-refractivity contribution in [1.82, 2.24) is 0 Å². The molecule has 0 aliphatic carbocycles. The van der Waals surface area contributed by atoms with Gasteiger partial charge >= 0.3 is 5.69 Å². The minimum atomic E-state index is -0.545. The van der Waals surface area contributed by atoms with E-state index in [4.69, 9.17) is 0 Å². The predicted molar refractivity (Wildman–Crippen MR) is 72.2 cm³/mol. The third kappa shape index (κ3) is 2.63. The Kier molecular flexibility index (Phi) is 3.43. The number of rotatable bonds is 1. The molecular weight excluding hydrogens is 230 g/mol. The quantitative estimate of drug-likeness (QED) is 0.608. The van der Waals surface area contributed by atoms with Crippen LogP contribution in [-0.4, -0.2) is 10.0 Å². The van der Waals surface area contributed by atoms with Gasteiger partial charge in [-0.25, -0.2) is 0 Å². The molecule has 0 aliphatic rings. The molecule has 0 unspecified atom stereocenters. The summed E-state index contributed by atoms with van der Waals surface area (Å²) in [6, 6.07) is 3.13. The molecule has 0 atom stereocenters. The highest BCUT2D eigenvalue weighted by molar-refractivity contribution is 5.58. The highest BCUT2D eigenvalue weighted by Crippen LogP contribution is 2.43. The molecule has 4 nitrogen and oxygen atoms in total. The normalized spacial score (nSPS) is 12.6. The number of phenols is 1. The number of phenolic OH excluding ortho intramolecular Hbond substituents is 1. The first kappa shape index (κ1) is 14.5. The van der Waals surface area contributed by atoms with Crippen molar-refractivity contribution in [2.75, 3.05) is 0 Å². The zero-order valence-corrected chi connectivity index (χ0v) is 11.9. The van der Waals surface area contributed by atoms with E-state index in [1.165, 1.54) is 6.07 Å². The van der Waals surface area contributed by atoms with Gasteiger partial charge in [-0.15, -0.1) is 0 Å². The monoisotopic (exact) mass is 251 g/mol. The van der Waals surface area contributed by atoms with Crippen molar-refractivity contribution in [3.8, 4) is 5.75 Å². The molecule has 0 bridgehead atoms. The van der Waals surface area contributed by atoms with Gasteiger partial charge in [0.05, 0.1) is 4.92 Å². The van der Waals surface area contributed by atoms with Gasteiger partial charge in [-0.2, -0.15) is 0 Å². The molecule has 0 fully saturated rings. The molecule has 0 amide bonds. The Morgan fingerprint density at radius 3 is 1.89 bits per heavy atom. The molecule has 0 heterocycles. The van der Waals surface area contributed by atoms with Gasteiger partial charge in [0.25, 0.3) is 0 Å². The Labute approximate surface area is 108 Å². The molecule has 1 aromatic carbocycles. The molecule has 0 spiro atoms. The van der Waals surface area contributed by atoms with E-state index >= 15 is 0 Å². The van der Waals surface area contributed by atoms with Crippen LogP contribution >= 0.6 is 0 Å². The number of nitrogens with zero attached hydrogens (tertiary/aromatic N) is 1. The van der Waals surface area contributed by atoms with Gasteiger partial charge in [0, 0.05) is 11.6 Å². The van der Waals surface area contributed by atoms with Crippen LogP contribution in [0.3, 0.4) is 0 Å². The van der Waals surface area contributed by atoms with Crippen molar-refractivity contribution in [2.24, 2.45) is 0 Å². The van der Waals surface area contributed by atoms with Crippen molar-refractivity contribution < 1.29 is 10.0 Å². The number of hydrogen-bond donors (Lipinski definition) is 1. The largest absolute Gasteiger partial charge is 0.502 e. The van der Waals surface area contributed by atoms with E-state index in [0.717, 1.165) is 5.56 Å². The van der Waals surface area contributed by atoms with Crippen LogP contribution in [0.15, 0.2) is 12.1 Å². The fraction of sp³-hybridized carbons (Fsp3) is 0.571. The Morgan fingerprint density at radius 1 is 1.06 bits per heavy atom. The van der Waals surface area contributed by atoms with E-state index in [2.05, 4.69) is 0 Å². The molecule has 4 heteroatoms.